The third kappa shape index (κ3) is 3.66. The number of nitrogens with one attached hydrogen (secondary N) is 1. The average Bonchev–Trinajstić information content (AvgIpc) is 3.20. The maximum Gasteiger partial charge on any atom is 0.230 e. The molecule has 0 bridgehead atoms. The summed E-state index contributed by atoms with van der Waals surface area (Å²) in [6.45, 7) is 2.71. The summed E-state index contributed by atoms with van der Waals surface area (Å²) in [6.07, 6.45) is 2.33. The molecule has 0 unspecified atom stereocenters. The Bertz CT molecular complexity index is 620. The number of rotatable bonds is 6. The maximum atomic E-state index is 12.0. The highest BCUT2D eigenvalue weighted by molar-refractivity contribution is 8.01. The fraction of sp³-hybridized carbons (Fsp3) is 0.375. The van der Waals surface area contributed by atoms with Gasteiger partial charge in [-0.05, 0) is 25.3 Å². The van der Waals surface area contributed by atoms with Crippen molar-refractivity contribution in [2.45, 2.75) is 29.5 Å². The molecule has 3 rings (SSSR count). The molecule has 0 spiro atoms. The number of aryl methyl sites for hydroxylation is 1. The lowest BCUT2D eigenvalue weighted by atomic mass is 9.96. The second kappa shape index (κ2) is 6.20. The van der Waals surface area contributed by atoms with Crippen LogP contribution in [-0.4, -0.2) is 23.2 Å². The van der Waals surface area contributed by atoms with Gasteiger partial charge in [0.25, 0.3) is 0 Å². The van der Waals surface area contributed by atoms with Gasteiger partial charge in [0.05, 0.1) is 5.75 Å². The van der Waals surface area contributed by atoms with Crippen molar-refractivity contribution < 1.29 is 4.79 Å². The van der Waals surface area contributed by atoms with E-state index in [1.54, 1.807) is 11.3 Å². The van der Waals surface area contributed by atoms with Crippen molar-refractivity contribution in [2.24, 2.45) is 0 Å². The standard InChI is InChI=1S/C16H18N2OS2/c1-12-9-20-15(18-12)21-10-14(19)17-11-16(7-8-16)13-5-3-2-4-6-13/h2-6,9H,7-8,10-11H2,1H3,(H,17,19). The van der Waals surface area contributed by atoms with E-state index in [-0.39, 0.29) is 11.3 Å². The molecular formula is C16H18N2OS2. The van der Waals surface area contributed by atoms with Gasteiger partial charge in [-0.3, -0.25) is 4.79 Å². The first kappa shape index (κ1) is 14.6. The zero-order chi connectivity index (χ0) is 14.7. The molecule has 5 heteroatoms. The Hall–Kier alpha value is -1.33. The van der Waals surface area contributed by atoms with Gasteiger partial charge in [0.15, 0.2) is 4.34 Å². The van der Waals surface area contributed by atoms with Crippen molar-refractivity contribution in [3.8, 4) is 0 Å². The molecule has 0 aliphatic heterocycles. The second-order valence-corrected chi connectivity index (χ2v) is 7.55. The normalized spacial score (nSPS) is 15.7. The van der Waals surface area contributed by atoms with Crippen molar-refractivity contribution in [1.29, 1.82) is 0 Å². The third-order valence-corrected chi connectivity index (χ3v) is 5.93. The first-order valence-electron chi connectivity index (χ1n) is 7.05. The summed E-state index contributed by atoms with van der Waals surface area (Å²) in [5.41, 5.74) is 2.54. The smallest absolute Gasteiger partial charge is 0.230 e. The third-order valence-electron chi connectivity index (χ3n) is 3.79. The number of hydrogen-bond donors (Lipinski definition) is 1. The first-order valence-corrected chi connectivity index (χ1v) is 8.92. The predicted octanol–water partition coefficient (Wildman–Crippen LogP) is 3.39. The Morgan fingerprint density at radius 1 is 1.38 bits per heavy atom. The van der Waals surface area contributed by atoms with Crippen LogP contribution >= 0.6 is 23.1 Å². The number of carbonyl (C=O) groups is 1. The molecule has 1 amide bonds. The summed E-state index contributed by atoms with van der Waals surface area (Å²) < 4.78 is 0.965. The molecule has 1 saturated carbocycles. The van der Waals surface area contributed by atoms with E-state index in [0.29, 0.717) is 5.75 Å². The molecule has 1 aliphatic carbocycles. The number of thiazole rings is 1. The van der Waals surface area contributed by atoms with E-state index in [2.05, 4.69) is 34.6 Å². The lowest BCUT2D eigenvalue weighted by Crippen LogP contribution is -2.33. The van der Waals surface area contributed by atoms with Crippen LogP contribution < -0.4 is 5.32 Å². The lowest BCUT2D eigenvalue weighted by molar-refractivity contribution is -0.118. The molecule has 0 saturated heterocycles. The number of amides is 1. The van der Waals surface area contributed by atoms with Crippen LogP contribution in [0.25, 0.3) is 0 Å². The van der Waals surface area contributed by atoms with Crippen LogP contribution in [0, 0.1) is 6.92 Å². The summed E-state index contributed by atoms with van der Waals surface area (Å²) in [5, 5.41) is 5.09. The Balaban J connectivity index is 1.48. The van der Waals surface area contributed by atoms with Crippen molar-refractivity contribution in [1.82, 2.24) is 10.3 Å². The van der Waals surface area contributed by atoms with E-state index >= 15 is 0 Å². The van der Waals surface area contributed by atoms with Gasteiger partial charge in [-0.25, -0.2) is 4.98 Å². The Morgan fingerprint density at radius 3 is 2.76 bits per heavy atom. The molecule has 3 nitrogen and oxygen atoms in total. The molecule has 1 aromatic carbocycles. The molecule has 1 N–H and O–H groups in total. The molecule has 1 aromatic heterocycles. The van der Waals surface area contributed by atoms with E-state index in [1.807, 2.05) is 18.4 Å². The Morgan fingerprint density at radius 2 is 2.14 bits per heavy atom. The SMILES string of the molecule is Cc1csc(SCC(=O)NCC2(c3ccccc3)CC2)n1. The zero-order valence-corrected chi connectivity index (χ0v) is 13.6. The maximum absolute atomic E-state index is 12.0. The van der Waals surface area contributed by atoms with Crippen molar-refractivity contribution in [3.63, 3.8) is 0 Å². The molecule has 21 heavy (non-hydrogen) atoms. The molecule has 1 aliphatic rings. The first-order chi connectivity index (χ1) is 10.2. The van der Waals surface area contributed by atoms with Crippen LogP contribution in [0.2, 0.25) is 0 Å². The second-order valence-electron chi connectivity index (χ2n) is 5.47. The zero-order valence-electron chi connectivity index (χ0n) is 12.0. The number of nitrogens with zero attached hydrogens (tertiary/aromatic N) is 1. The highest BCUT2D eigenvalue weighted by Crippen LogP contribution is 2.47. The monoisotopic (exact) mass is 318 g/mol. The summed E-state index contributed by atoms with van der Waals surface area (Å²) in [5.74, 6) is 0.535. The van der Waals surface area contributed by atoms with Gasteiger partial charge in [-0.1, -0.05) is 42.1 Å². The minimum Gasteiger partial charge on any atom is -0.354 e. The van der Waals surface area contributed by atoms with Crippen LogP contribution in [0.1, 0.15) is 24.1 Å². The fourth-order valence-electron chi connectivity index (χ4n) is 2.35. The Kier molecular flexibility index (Phi) is 4.31. The summed E-state index contributed by atoms with van der Waals surface area (Å²) >= 11 is 3.11. The van der Waals surface area contributed by atoms with Crippen LogP contribution in [0.3, 0.4) is 0 Å². The minimum atomic E-state index is 0.0926. The van der Waals surface area contributed by atoms with Gasteiger partial charge in [-0.15, -0.1) is 11.3 Å². The molecule has 0 radical (unpaired) electrons. The van der Waals surface area contributed by atoms with Crippen molar-refractivity contribution in [2.75, 3.05) is 12.3 Å². The van der Waals surface area contributed by atoms with Crippen LogP contribution in [0.4, 0.5) is 0 Å². The molecular weight excluding hydrogens is 300 g/mol. The highest BCUT2D eigenvalue weighted by atomic mass is 32.2. The summed E-state index contributed by atoms with van der Waals surface area (Å²) in [4.78, 5) is 16.3. The largest absolute Gasteiger partial charge is 0.354 e. The van der Waals surface area contributed by atoms with Crippen LogP contribution in [0.15, 0.2) is 40.1 Å². The quantitative estimate of drug-likeness (QED) is 0.830. The average molecular weight is 318 g/mol. The van der Waals surface area contributed by atoms with E-state index in [4.69, 9.17) is 0 Å². The van der Waals surface area contributed by atoms with Gasteiger partial charge in [0.1, 0.15) is 0 Å². The van der Waals surface area contributed by atoms with Crippen LogP contribution in [-0.2, 0) is 10.2 Å². The molecule has 2 aromatic rings. The van der Waals surface area contributed by atoms with Gasteiger partial charge < -0.3 is 5.32 Å². The van der Waals surface area contributed by atoms with E-state index in [0.717, 1.165) is 29.4 Å². The minimum absolute atomic E-state index is 0.0926. The number of hydrogen-bond acceptors (Lipinski definition) is 4. The molecule has 0 atom stereocenters. The van der Waals surface area contributed by atoms with Crippen LogP contribution in [0.5, 0.6) is 0 Å². The lowest BCUT2D eigenvalue weighted by Gasteiger charge is -2.16. The van der Waals surface area contributed by atoms with E-state index in [9.17, 15) is 4.79 Å². The number of thioether (sulfide) groups is 1. The highest BCUT2D eigenvalue weighted by Gasteiger charge is 2.44. The van der Waals surface area contributed by atoms with Gasteiger partial charge in [0.2, 0.25) is 5.91 Å². The fourth-order valence-corrected chi connectivity index (χ4v) is 4.03. The number of aromatic nitrogens is 1. The summed E-state index contributed by atoms with van der Waals surface area (Å²) in [6, 6.07) is 10.5. The van der Waals surface area contributed by atoms with Crippen molar-refractivity contribution >= 4 is 29.0 Å². The topological polar surface area (TPSA) is 42.0 Å². The Labute approximate surface area is 133 Å². The van der Waals surface area contributed by atoms with Gasteiger partial charge >= 0.3 is 0 Å². The van der Waals surface area contributed by atoms with E-state index in [1.165, 1.54) is 17.3 Å². The van der Waals surface area contributed by atoms with E-state index < -0.39 is 0 Å². The number of carbonyl (C=O) groups excluding carboxylic acids is 1. The number of benzene rings is 1. The predicted molar refractivity (Wildman–Crippen MR) is 87.9 cm³/mol. The van der Waals surface area contributed by atoms with Gasteiger partial charge in [-0.2, -0.15) is 0 Å². The van der Waals surface area contributed by atoms with Gasteiger partial charge in [0, 0.05) is 23.0 Å². The molecule has 1 heterocycles. The molecule has 1 fully saturated rings. The van der Waals surface area contributed by atoms with Crippen molar-refractivity contribution in [3.05, 3.63) is 47.0 Å². The summed E-state index contributed by atoms with van der Waals surface area (Å²) in [7, 11) is 0. The molecule has 110 valence electrons.